The molecule has 12 rings (SSSR count). The highest BCUT2D eigenvalue weighted by atomic mass is 15.0. The summed E-state index contributed by atoms with van der Waals surface area (Å²) in [6, 6.07) is 79.6. The van der Waals surface area contributed by atoms with Crippen LogP contribution in [-0.2, 0) is 0 Å². The first kappa shape index (κ1) is 33.3. The Kier molecular flexibility index (Phi) is 7.57. The van der Waals surface area contributed by atoms with Gasteiger partial charge in [-0.2, -0.15) is 0 Å². The molecule has 274 valence electrons. The Morgan fingerprint density at radius 3 is 1.27 bits per heavy atom. The van der Waals surface area contributed by atoms with Crippen molar-refractivity contribution in [3.8, 4) is 55.6 Å². The second kappa shape index (κ2) is 13.4. The number of fused-ring (bicyclic) bond motifs is 10. The van der Waals surface area contributed by atoms with Gasteiger partial charge < -0.3 is 0 Å². The third-order valence-electron chi connectivity index (χ3n) is 12.2. The van der Waals surface area contributed by atoms with Gasteiger partial charge in [0.05, 0.1) is 16.6 Å². The molecule has 2 heterocycles. The van der Waals surface area contributed by atoms with Crippen molar-refractivity contribution < 1.29 is 0 Å². The Bertz CT molecular complexity index is 3560. The van der Waals surface area contributed by atoms with Crippen molar-refractivity contribution in [3.05, 3.63) is 218 Å². The molecule has 2 aromatic heterocycles. The molecule has 0 fully saturated rings. The quantitative estimate of drug-likeness (QED) is 0.127. The topological polar surface area (TPSA) is 17.3 Å². The number of aromatic nitrogens is 2. The number of para-hydroxylation sites is 3. The minimum absolute atomic E-state index is 0.987. The highest BCUT2D eigenvalue weighted by Gasteiger charge is 2.19. The second-order valence-electron chi connectivity index (χ2n) is 15.5. The van der Waals surface area contributed by atoms with E-state index in [1.54, 1.807) is 0 Å². The van der Waals surface area contributed by atoms with Gasteiger partial charge in [-0.05, 0) is 119 Å². The maximum atomic E-state index is 5.16. The number of rotatable bonds is 5. The normalized spacial score (nSPS) is 11.7. The van der Waals surface area contributed by atoms with Crippen LogP contribution < -0.4 is 0 Å². The van der Waals surface area contributed by atoms with Gasteiger partial charge in [-0.1, -0.05) is 182 Å². The molecule has 0 amide bonds. The average molecular weight is 749 g/mol. The SMILES string of the molecule is c1ccc(-c2ccc(-c3c4ccccc4c(-c4ccc(-c5ccccc5)cc4)c4cc(-c5ccc6c(c5)c5ccccc5n5c7ccccc7nc65)ccc34)cc2)cc1. The monoisotopic (exact) mass is 748 g/mol. The number of benzene rings is 10. The predicted octanol–water partition coefficient (Wildman–Crippen LogP) is 15.4. The Hall–Kier alpha value is -7.81. The van der Waals surface area contributed by atoms with E-state index in [-0.39, 0.29) is 0 Å². The van der Waals surface area contributed by atoms with Crippen LogP contribution in [0.2, 0.25) is 0 Å². The summed E-state index contributed by atoms with van der Waals surface area (Å²) in [5.41, 5.74) is 16.4. The van der Waals surface area contributed by atoms with Gasteiger partial charge in [0, 0.05) is 10.8 Å². The zero-order chi connectivity index (χ0) is 38.9. The largest absolute Gasteiger partial charge is 0.292 e. The Balaban J connectivity index is 1.10. The van der Waals surface area contributed by atoms with E-state index in [4.69, 9.17) is 4.98 Å². The summed E-state index contributed by atoms with van der Waals surface area (Å²) in [4.78, 5) is 5.16. The van der Waals surface area contributed by atoms with E-state index >= 15 is 0 Å². The maximum absolute atomic E-state index is 5.16. The van der Waals surface area contributed by atoms with Gasteiger partial charge in [-0.3, -0.25) is 4.40 Å². The van der Waals surface area contributed by atoms with Crippen molar-refractivity contribution in [2.45, 2.75) is 0 Å². The molecule has 0 N–H and O–H groups in total. The molecule has 0 aliphatic rings. The van der Waals surface area contributed by atoms with Crippen LogP contribution in [0.25, 0.3) is 116 Å². The molecule has 0 spiro atoms. The number of imidazole rings is 1. The Morgan fingerprint density at radius 1 is 0.254 bits per heavy atom. The highest BCUT2D eigenvalue weighted by molar-refractivity contribution is 6.22. The third-order valence-corrected chi connectivity index (χ3v) is 12.2. The van der Waals surface area contributed by atoms with Crippen LogP contribution in [0.1, 0.15) is 0 Å². The minimum atomic E-state index is 0.987. The van der Waals surface area contributed by atoms with E-state index in [0.29, 0.717) is 0 Å². The van der Waals surface area contributed by atoms with E-state index in [0.717, 1.165) is 27.6 Å². The van der Waals surface area contributed by atoms with Gasteiger partial charge in [-0.25, -0.2) is 4.98 Å². The van der Waals surface area contributed by atoms with E-state index in [2.05, 4.69) is 223 Å². The van der Waals surface area contributed by atoms with Crippen LogP contribution >= 0.6 is 0 Å². The smallest absolute Gasteiger partial charge is 0.146 e. The summed E-state index contributed by atoms with van der Waals surface area (Å²) >= 11 is 0. The van der Waals surface area contributed by atoms with E-state index in [9.17, 15) is 0 Å². The highest BCUT2D eigenvalue weighted by Crippen LogP contribution is 2.46. The molecule has 2 nitrogen and oxygen atoms in total. The summed E-state index contributed by atoms with van der Waals surface area (Å²) in [5.74, 6) is 0. The van der Waals surface area contributed by atoms with E-state index in [1.165, 1.54) is 88.0 Å². The van der Waals surface area contributed by atoms with Crippen LogP contribution in [0.5, 0.6) is 0 Å². The van der Waals surface area contributed by atoms with Gasteiger partial charge in [0.1, 0.15) is 5.65 Å². The zero-order valence-corrected chi connectivity index (χ0v) is 32.2. The maximum Gasteiger partial charge on any atom is 0.146 e. The zero-order valence-electron chi connectivity index (χ0n) is 32.2. The Labute approximate surface area is 341 Å². The first-order valence-electron chi connectivity index (χ1n) is 20.3. The van der Waals surface area contributed by atoms with Crippen LogP contribution in [0.3, 0.4) is 0 Å². The van der Waals surface area contributed by atoms with Crippen LogP contribution in [0.15, 0.2) is 218 Å². The standard InChI is InChI=1S/C57H36N2/c1-3-13-37(14-4-1)39-23-27-41(28-24-39)55-46-18-7-8-19-47(46)56(42-29-25-40(26-30-42)38-15-5-2-6-16-38)51-36-44(31-33-48(51)55)43-32-34-49-50(35-43)45-17-9-11-21-53(45)59-54-22-12-10-20-52(54)58-57(49)59/h1-36H. The molecule has 0 saturated heterocycles. The lowest BCUT2D eigenvalue weighted by Crippen LogP contribution is -1.93. The van der Waals surface area contributed by atoms with Gasteiger partial charge in [0.2, 0.25) is 0 Å². The molecule has 0 bridgehead atoms. The molecular formula is C57H36N2. The summed E-state index contributed by atoms with van der Waals surface area (Å²) in [6.07, 6.45) is 0. The molecule has 0 radical (unpaired) electrons. The number of pyridine rings is 1. The van der Waals surface area contributed by atoms with Gasteiger partial charge in [0.15, 0.2) is 0 Å². The molecule has 12 aromatic rings. The van der Waals surface area contributed by atoms with E-state index < -0.39 is 0 Å². The van der Waals surface area contributed by atoms with Crippen molar-refractivity contribution >= 4 is 59.9 Å². The fourth-order valence-corrected chi connectivity index (χ4v) is 9.39. The predicted molar refractivity (Wildman–Crippen MR) is 250 cm³/mol. The van der Waals surface area contributed by atoms with Gasteiger partial charge in [0.25, 0.3) is 0 Å². The lowest BCUT2D eigenvalue weighted by atomic mass is 9.84. The molecular weight excluding hydrogens is 713 g/mol. The summed E-state index contributed by atoms with van der Waals surface area (Å²) in [7, 11) is 0. The number of nitrogens with zero attached hydrogens (tertiary/aromatic N) is 2. The molecule has 0 atom stereocenters. The fourth-order valence-electron chi connectivity index (χ4n) is 9.39. The lowest BCUT2D eigenvalue weighted by molar-refractivity contribution is 1.31. The second-order valence-corrected chi connectivity index (χ2v) is 15.5. The molecule has 10 aromatic carbocycles. The van der Waals surface area contributed by atoms with Crippen LogP contribution in [-0.4, -0.2) is 9.38 Å². The third kappa shape index (κ3) is 5.38. The van der Waals surface area contributed by atoms with Crippen molar-refractivity contribution in [1.29, 1.82) is 0 Å². The van der Waals surface area contributed by atoms with Gasteiger partial charge in [-0.15, -0.1) is 0 Å². The van der Waals surface area contributed by atoms with Crippen molar-refractivity contribution in [2.75, 3.05) is 0 Å². The fraction of sp³-hybridized carbons (Fsp3) is 0. The molecule has 0 saturated carbocycles. The van der Waals surface area contributed by atoms with Crippen LogP contribution in [0, 0.1) is 0 Å². The molecule has 59 heavy (non-hydrogen) atoms. The van der Waals surface area contributed by atoms with Crippen molar-refractivity contribution in [3.63, 3.8) is 0 Å². The first-order valence-corrected chi connectivity index (χ1v) is 20.3. The average Bonchev–Trinajstić information content (AvgIpc) is 3.71. The van der Waals surface area contributed by atoms with Crippen molar-refractivity contribution in [2.24, 2.45) is 0 Å². The number of hydrogen-bond acceptors (Lipinski definition) is 1. The molecule has 0 aliphatic carbocycles. The van der Waals surface area contributed by atoms with Crippen LogP contribution in [0.4, 0.5) is 0 Å². The first-order chi connectivity index (χ1) is 29.3. The number of hydrogen-bond donors (Lipinski definition) is 0. The summed E-state index contributed by atoms with van der Waals surface area (Å²) < 4.78 is 2.32. The lowest BCUT2D eigenvalue weighted by Gasteiger charge is -2.19. The minimum Gasteiger partial charge on any atom is -0.292 e. The summed E-state index contributed by atoms with van der Waals surface area (Å²) in [6.45, 7) is 0. The van der Waals surface area contributed by atoms with E-state index in [1.807, 2.05) is 0 Å². The molecule has 2 heteroatoms. The molecule has 0 aliphatic heterocycles. The molecule has 0 unspecified atom stereocenters. The van der Waals surface area contributed by atoms with Gasteiger partial charge >= 0.3 is 0 Å². The summed E-state index contributed by atoms with van der Waals surface area (Å²) in [5, 5.41) is 8.52. The van der Waals surface area contributed by atoms with Crippen molar-refractivity contribution in [1.82, 2.24) is 9.38 Å². The Morgan fingerprint density at radius 2 is 0.661 bits per heavy atom.